The van der Waals surface area contributed by atoms with Gasteiger partial charge in [0, 0.05) is 0 Å². The molecular weight excluding hydrogens is 315 g/mol. The lowest BCUT2D eigenvalue weighted by molar-refractivity contribution is -0.139. The summed E-state index contributed by atoms with van der Waals surface area (Å²) in [6.45, 7) is -0.489. The zero-order valence-electron chi connectivity index (χ0n) is 12.9. The minimum Gasteiger partial charge on any atom is -0.493 e. The number of carboxylic acid groups (broad SMARTS) is 1. The Hall–Kier alpha value is -3.15. The molecule has 0 heterocycles. The van der Waals surface area contributed by atoms with E-state index < -0.39 is 24.2 Å². The van der Waals surface area contributed by atoms with E-state index in [1.807, 2.05) is 0 Å². The minimum atomic E-state index is -1.10. The van der Waals surface area contributed by atoms with E-state index in [4.69, 9.17) is 14.6 Å². The molecule has 0 fully saturated rings. The number of methoxy groups -OCH3 is 1. The molecule has 2 rings (SSSR count). The number of benzene rings is 2. The van der Waals surface area contributed by atoms with Crippen molar-refractivity contribution in [2.45, 2.75) is 0 Å². The quantitative estimate of drug-likeness (QED) is 0.623. The Labute approximate surface area is 137 Å². The van der Waals surface area contributed by atoms with Gasteiger partial charge in [0.25, 0.3) is 0 Å². The van der Waals surface area contributed by atoms with Gasteiger partial charge in [0.05, 0.1) is 12.7 Å². The van der Waals surface area contributed by atoms with Crippen LogP contribution in [0.1, 0.15) is 15.9 Å². The Bertz CT molecular complexity index is 783. The van der Waals surface area contributed by atoms with E-state index in [0.717, 1.165) is 0 Å². The first kappa shape index (κ1) is 17.2. The summed E-state index contributed by atoms with van der Waals surface area (Å²) in [5.41, 5.74) is 0.612. The molecule has 0 radical (unpaired) electrons. The van der Waals surface area contributed by atoms with Gasteiger partial charge in [0.2, 0.25) is 0 Å². The summed E-state index contributed by atoms with van der Waals surface area (Å²) in [7, 11) is 1.42. The molecule has 6 heteroatoms. The van der Waals surface area contributed by atoms with Crippen LogP contribution in [0, 0.1) is 5.82 Å². The molecule has 0 amide bonds. The van der Waals surface area contributed by atoms with E-state index >= 15 is 0 Å². The van der Waals surface area contributed by atoms with Gasteiger partial charge in [-0.25, -0.2) is 9.18 Å². The Morgan fingerprint density at radius 1 is 1.17 bits per heavy atom. The van der Waals surface area contributed by atoms with Crippen molar-refractivity contribution in [2.24, 2.45) is 0 Å². The van der Waals surface area contributed by atoms with Gasteiger partial charge in [0.1, 0.15) is 5.82 Å². The number of ether oxygens (including phenoxy) is 2. The molecule has 0 aliphatic rings. The van der Waals surface area contributed by atoms with Gasteiger partial charge in [-0.05, 0) is 35.9 Å². The van der Waals surface area contributed by atoms with Crippen LogP contribution in [-0.4, -0.2) is 30.6 Å². The first-order valence-corrected chi connectivity index (χ1v) is 7.01. The van der Waals surface area contributed by atoms with Gasteiger partial charge in [-0.3, -0.25) is 4.79 Å². The Morgan fingerprint density at radius 3 is 2.58 bits per heavy atom. The molecule has 0 aromatic heterocycles. The maximum Gasteiger partial charge on any atom is 0.341 e. The third-order valence-corrected chi connectivity index (χ3v) is 3.11. The maximum atomic E-state index is 13.5. The summed E-state index contributed by atoms with van der Waals surface area (Å²) in [5, 5.41) is 8.62. The number of aliphatic carboxylic acids is 1. The molecule has 24 heavy (non-hydrogen) atoms. The number of ketones is 1. The molecule has 0 spiro atoms. The Kier molecular flexibility index (Phi) is 5.68. The Morgan fingerprint density at radius 2 is 1.92 bits per heavy atom. The summed E-state index contributed by atoms with van der Waals surface area (Å²) in [6.07, 6.45) is 2.77. The minimum absolute atomic E-state index is 0.0119. The number of hydrogen-bond donors (Lipinski definition) is 1. The highest BCUT2D eigenvalue weighted by atomic mass is 19.1. The van der Waals surface area contributed by atoms with Gasteiger partial charge < -0.3 is 14.6 Å². The lowest BCUT2D eigenvalue weighted by Crippen LogP contribution is -2.10. The standard InChI is InChI=1S/C18H15FO5/c1-23-17-10-12(7-9-16(17)24-11-18(21)22)6-8-15(20)13-4-2-3-5-14(13)19/h2-10H,11H2,1H3,(H,21,22)/b8-6+. The average molecular weight is 330 g/mol. The number of rotatable bonds is 7. The predicted octanol–water partition coefficient (Wildman–Crippen LogP) is 3.19. The topological polar surface area (TPSA) is 72.8 Å². The third kappa shape index (κ3) is 4.42. The van der Waals surface area contributed by atoms with Crippen LogP contribution in [0.25, 0.3) is 6.08 Å². The van der Waals surface area contributed by atoms with Crippen LogP contribution in [0.3, 0.4) is 0 Å². The molecule has 0 saturated heterocycles. The molecule has 2 aromatic rings. The molecule has 0 unspecified atom stereocenters. The van der Waals surface area contributed by atoms with Crippen LogP contribution < -0.4 is 9.47 Å². The van der Waals surface area contributed by atoms with Gasteiger partial charge in [-0.1, -0.05) is 24.3 Å². The van der Waals surface area contributed by atoms with Crippen molar-refractivity contribution in [1.82, 2.24) is 0 Å². The van der Waals surface area contributed by atoms with Crippen molar-refractivity contribution in [3.05, 3.63) is 65.5 Å². The van der Waals surface area contributed by atoms with Gasteiger partial charge in [0.15, 0.2) is 23.9 Å². The summed E-state index contributed by atoms with van der Waals surface area (Å²) in [6, 6.07) is 10.5. The number of hydrogen-bond acceptors (Lipinski definition) is 4. The molecule has 5 nitrogen and oxygen atoms in total. The average Bonchev–Trinajstić information content (AvgIpc) is 2.58. The van der Waals surface area contributed by atoms with Crippen LogP contribution >= 0.6 is 0 Å². The van der Waals surface area contributed by atoms with E-state index in [2.05, 4.69) is 0 Å². The van der Waals surface area contributed by atoms with E-state index in [1.165, 1.54) is 43.5 Å². The molecule has 0 aliphatic heterocycles. The summed E-state index contributed by atoms with van der Waals surface area (Å²) in [4.78, 5) is 22.5. The number of carbonyl (C=O) groups is 2. The van der Waals surface area contributed by atoms with E-state index in [1.54, 1.807) is 18.2 Å². The molecule has 0 aliphatic carbocycles. The van der Waals surface area contributed by atoms with Crippen molar-refractivity contribution in [1.29, 1.82) is 0 Å². The largest absolute Gasteiger partial charge is 0.493 e. The zero-order valence-corrected chi connectivity index (χ0v) is 12.9. The van der Waals surface area contributed by atoms with Gasteiger partial charge >= 0.3 is 5.97 Å². The summed E-state index contributed by atoms with van der Waals surface area (Å²) >= 11 is 0. The van der Waals surface area contributed by atoms with Crippen LogP contribution in [0.2, 0.25) is 0 Å². The van der Waals surface area contributed by atoms with Crippen molar-refractivity contribution in [3.63, 3.8) is 0 Å². The van der Waals surface area contributed by atoms with Crippen LogP contribution in [0.5, 0.6) is 11.5 Å². The van der Waals surface area contributed by atoms with Crippen molar-refractivity contribution < 1.29 is 28.6 Å². The van der Waals surface area contributed by atoms with Gasteiger partial charge in [-0.2, -0.15) is 0 Å². The Balaban J connectivity index is 2.16. The van der Waals surface area contributed by atoms with Gasteiger partial charge in [-0.15, -0.1) is 0 Å². The first-order chi connectivity index (χ1) is 11.5. The fourth-order valence-electron chi connectivity index (χ4n) is 1.97. The highest BCUT2D eigenvalue weighted by molar-refractivity contribution is 6.07. The highest BCUT2D eigenvalue weighted by Crippen LogP contribution is 2.28. The molecule has 1 N–H and O–H groups in total. The van der Waals surface area contributed by atoms with Crippen LogP contribution in [0.4, 0.5) is 4.39 Å². The lowest BCUT2D eigenvalue weighted by Gasteiger charge is -2.09. The molecule has 0 saturated carbocycles. The predicted molar refractivity (Wildman–Crippen MR) is 85.9 cm³/mol. The van der Waals surface area contributed by atoms with Crippen LogP contribution in [0.15, 0.2) is 48.5 Å². The lowest BCUT2D eigenvalue weighted by atomic mass is 10.1. The third-order valence-electron chi connectivity index (χ3n) is 3.11. The monoisotopic (exact) mass is 330 g/mol. The fourth-order valence-corrected chi connectivity index (χ4v) is 1.97. The SMILES string of the molecule is COc1cc(/C=C/C(=O)c2ccccc2F)ccc1OCC(=O)O. The van der Waals surface area contributed by atoms with Crippen molar-refractivity contribution in [3.8, 4) is 11.5 Å². The van der Waals surface area contributed by atoms with Crippen molar-refractivity contribution >= 4 is 17.8 Å². The fraction of sp³-hybridized carbons (Fsp3) is 0.111. The molecule has 124 valence electrons. The second-order valence-electron chi connectivity index (χ2n) is 4.77. The summed E-state index contributed by atoms with van der Waals surface area (Å²) < 4.78 is 23.8. The number of carbonyl (C=O) groups excluding carboxylic acids is 1. The number of carboxylic acids is 1. The second kappa shape index (κ2) is 7.92. The normalized spacial score (nSPS) is 10.6. The van der Waals surface area contributed by atoms with E-state index in [9.17, 15) is 14.0 Å². The number of halogens is 1. The zero-order chi connectivity index (χ0) is 17.5. The molecular formula is C18H15FO5. The molecule has 0 bridgehead atoms. The second-order valence-corrected chi connectivity index (χ2v) is 4.77. The number of allylic oxidation sites excluding steroid dienone is 1. The first-order valence-electron chi connectivity index (χ1n) is 7.01. The maximum absolute atomic E-state index is 13.5. The molecule has 0 atom stereocenters. The smallest absolute Gasteiger partial charge is 0.341 e. The molecule has 2 aromatic carbocycles. The van der Waals surface area contributed by atoms with E-state index in [0.29, 0.717) is 11.3 Å². The van der Waals surface area contributed by atoms with Crippen LogP contribution in [-0.2, 0) is 4.79 Å². The summed E-state index contributed by atoms with van der Waals surface area (Å²) in [5.74, 6) is -1.54. The van der Waals surface area contributed by atoms with Crippen molar-refractivity contribution in [2.75, 3.05) is 13.7 Å². The van der Waals surface area contributed by atoms with E-state index in [-0.39, 0.29) is 11.3 Å². The highest BCUT2D eigenvalue weighted by Gasteiger charge is 2.09.